The maximum Gasteiger partial charge on any atom is 0.206 e. The van der Waals surface area contributed by atoms with Gasteiger partial charge in [0.2, 0.25) is 5.78 Å². The Morgan fingerprint density at radius 2 is 1.79 bits per heavy atom. The first-order chi connectivity index (χ1) is 20.3. The van der Waals surface area contributed by atoms with Crippen molar-refractivity contribution >= 4 is 44.4 Å². The van der Waals surface area contributed by atoms with Crippen LogP contribution < -0.4 is 19.7 Å². The maximum absolute atomic E-state index is 15.5. The number of pyridine rings is 1. The number of aryl methyl sites for hydroxylation is 2. The number of likely N-dealkylation sites (N-methyl/N-ethyl adjacent to an activating group) is 1. The molecule has 1 aliphatic rings. The van der Waals surface area contributed by atoms with Crippen LogP contribution in [0.1, 0.15) is 52.2 Å². The van der Waals surface area contributed by atoms with Crippen LogP contribution in [0.4, 0.5) is 21.6 Å². The molecule has 0 saturated carbocycles. The van der Waals surface area contributed by atoms with Crippen LogP contribution in [0.5, 0.6) is 11.5 Å². The third-order valence-electron chi connectivity index (χ3n) is 8.15. The number of fused-ring (bicyclic) bond motifs is 1. The molecule has 2 aromatic carbocycles. The first-order valence-electron chi connectivity index (χ1n) is 14.5. The number of nitrogens with zero attached hydrogens (tertiary/aromatic N) is 3. The number of halogens is 1. The Morgan fingerprint density at radius 1 is 1.05 bits per heavy atom. The van der Waals surface area contributed by atoms with Gasteiger partial charge in [-0.25, -0.2) is 9.37 Å². The van der Waals surface area contributed by atoms with Crippen LogP contribution in [0.25, 0.3) is 10.1 Å². The molecule has 5 rings (SSSR count). The molecular formula is C33H39FN4O3S. The smallest absolute Gasteiger partial charge is 0.206 e. The summed E-state index contributed by atoms with van der Waals surface area (Å²) in [6.45, 7) is 13.4. The van der Waals surface area contributed by atoms with Crippen molar-refractivity contribution in [2.45, 2.75) is 40.5 Å². The second kappa shape index (κ2) is 12.7. The summed E-state index contributed by atoms with van der Waals surface area (Å²) in [5.41, 5.74) is 4.70. The number of ether oxygens (including phenoxy) is 2. The molecule has 0 aliphatic carbocycles. The van der Waals surface area contributed by atoms with Gasteiger partial charge in [-0.15, -0.1) is 11.3 Å². The van der Waals surface area contributed by atoms with Gasteiger partial charge in [0.05, 0.1) is 29.4 Å². The number of anilines is 3. The zero-order valence-corrected chi connectivity index (χ0v) is 26.1. The normalized spacial score (nSPS) is 13.9. The summed E-state index contributed by atoms with van der Waals surface area (Å²) in [6.07, 6.45) is 3.32. The van der Waals surface area contributed by atoms with E-state index in [0.29, 0.717) is 28.4 Å². The Kier molecular flexibility index (Phi) is 8.99. The molecule has 1 fully saturated rings. The monoisotopic (exact) mass is 590 g/mol. The number of hydrogen-bond acceptors (Lipinski definition) is 8. The maximum atomic E-state index is 15.5. The molecular weight excluding hydrogens is 551 g/mol. The summed E-state index contributed by atoms with van der Waals surface area (Å²) in [5.74, 6) is 0.0543. The van der Waals surface area contributed by atoms with Crippen LogP contribution >= 0.6 is 11.3 Å². The molecule has 1 saturated heterocycles. The lowest BCUT2D eigenvalue weighted by molar-refractivity contribution is 0.103. The Balaban J connectivity index is 1.46. The summed E-state index contributed by atoms with van der Waals surface area (Å²) >= 11 is 1.35. The van der Waals surface area contributed by atoms with Gasteiger partial charge in [0.1, 0.15) is 11.6 Å². The van der Waals surface area contributed by atoms with Crippen molar-refractivity contribution in [1.82, 2.24) is 9.88 Å². The first kappa shape index (κ1) is 29.8. The summed E-state index contributed by atoms with van der Waals surface area (Å²) in [7, 11) is 2.88. The third-order valence-corrected chi connectivity index (χ3v) is 9.33. The highest BCUT2D eigenvalue weighted by Crippen LogP contribution is 2.39. The molecule has 0 bridgehead atoms. The van der Waals surface area contributed by atoms with E-state index in [2.05, 4.69) is 59.1 Å². The molecule has 9 heteroatoms. The van der Waals surface area contributed by atoms with E-state index in [1.165, 1.54) is 37.3 Å². The average Bonchev–Trinajstić information content (AvgIpc) is 3.36. The summed E-state index contributed by atoms with van der Waals surface area (Å²) in [5, 5.41) is 4.44. The molecule has 0 radical (unpaired) electrons. The highest BCUT2D eigenvalue weighted by molar-refractivity contribution is 7.21. The highest BCUT2D eigenvalue weighted by Gasteiger charge is 2.28. The van der Waals surface area contributed by atoms with Crippen molar-refractivity contribution in [3.63, 3.8) is 0 Å². The Hall–Kier alpha value is -3.69. The van der Waals surface area contributed by atoms with E-state index in [9.17, 15) is 4.79 Å². The number of nitrogens with one attached hydrogen (secondary N) is 1. The van der Waals surface area contributed by atoms with Crippen molar-refractivity contribution in [3.05, 3.63) is 69.5 Å². The zero-order valence-electron chi connectivity index (χ0n) is 25.3. The second-order valence-corrected chi connectivity index (χ2v) is 11.7. The van der Waals surface area contributed by atoms with Crippen molar-refractivity contribution in [1.29, 1.82) is 0 Å². The summed E-state index contributed by atoms with van der Waals surface area (Å²) in [4.78, 5) is 24.0. The van der Waals surface area contributed by atoms with E-state index in [1.807, 2.05) is 6.07 Å². The van der Waals surface area contributed by atoms with E-state index in [0.717, 1.165) is 66.0 Å². The molecule has 1 N–H and O–H groups in total. The second-order valence-electron chi connectivity index (χ2n) is 10.7. The highest BCUT2D eigenvalue weighted by atomic mass is 32.1. The number of hydrogen-bond donors (Lipinski definition) is 1. The lowest BCUT2D eigenvalue weighted by Crippen LogP contribution is -2.46. The minimum absolute atomic E-state index is 0.0169. The summed E-state index contributed by atoms with van der Waals surface area (Å²) < 4.78 is 27.0. The number of ketones is 1. The molecule has 0 unspecified atom stereocenters. The van der Waals surface area contributed by atoms with Crippen LogP contribution in [0, 0.1) is 19.7 Å². The van der Waals surface area contributed by atoms with Gasteiger partial charge in [0, 0.05) is 60.8 Å². The van der Waals surface area contributed by atoms with Gasteiger partial charge < -0.3 is 24.6 Å². The number of rotatable bonds is 10. The molecule has 42 heavy (non-hydrogen) atoms. The van der Waals surface area contributed by atoms with Crippen LogP contribution in [0.15, 0.2) is 36.5 Å². The average molecular weight is 591 g/mol. The molecule has 1 aliphatic heterocycles. The lowest BCUT2D eigenvalue weighted by Gasteiger charge is -2.35. The van der Waals surface area contributed by atoms with Crippen molar-refractivity contribution in [2.75, 3.05) is 57.2 Å². The standard InChI is InChI=1S/C33H39FN4O3S/c1-7-9-23-24-17-29(36-25-11-10-22(16-20(25)3)38-14-12-37(8-2)13-15-38)35-19-28(24)42-33(23)32(39)30-21(4)26(40-5)18-27(41-6)31(30)34/h10-11,16-19H,7-9,12-15H2,1-6H3,(H,35,36). The SMILES string of the molecule is CCCc1c(C(=O)c2c(C)c(OC)cc(OC)c2F)sc2cnc(Nc3ccc(N4CCN(CC)CC4)cc3C)cc12. The number of methoxy groups -OCH3 is 2. The topological polar surface area (TPSA) is 66.9 Å². The number of carbonyl (C=O) groups excluding carboxylic acids is 1. The van der Waals surface area contributed by atoms with E-state index >= 15 is 4.39 Å². The van der Waals surface area contributed by atoms with Gasteiger partial charge in [-0.05, 0) is 62.2 Å². The number of aromatic nitrogens is 1. The minimum Gasteiger partial charge on any atom is -0.496 e. The summed E-state index contributed by atoms with van der Waals surface area (Å²) in [6, 6.07) is 9.98. The predicted molar refractivity (Wildman–Crippen MR) is 170 cm³/mol. The third kappa shape index (κ3) is 5.68. The van der Waals surface area contributed by atoms with E-state index < -0.39 is 5.82 Å². The zero-order chi connectivity index (χ0) is 30.0. The fourth-order valence-electron chi connectivity index (χ4n) is 5.69. The fourth-order valence-corrected chi connectivity index (χ4v) is 6.84. The number of benzene rings is 2. The van der Waals surface area contributed by atoms with Crippen LogP contribution in [0.3, 0.4) is 0 Å². The van der Waals surface area contributed by atoms with E-state index in [-0.39, 0.29) is 17.1 Å². The molecule has 0 spiro atoms. The molecule has 222 valence electrons. The van der Waals surface area contributed by atoms with Crippen LogP contribution in [-0.4, -0.2) is 62.6 Å². The quantitative estimate of drug-likeness (QED) is 0.197. The van der Waals surface area contributed by atoms with Crippen molar-refractivity contribution < 1.29 is 18.7 Å². The van der Waals surface area contributed by atoms with Gasteiger partial charge in [0.25, 0.3) is 0 Å². The first-order valence-corrected chi connectivity index (χ1v) is 15.3. The van der Waals surface area contributed by atoms with Gasteiger partial charge in [-0.3, -0.25) is 4.79 Å². The Morgan fingerprint density at radius 3 is 2.43 bits per heavy atom. The molecule has 3 heterocycles. The fraction of sp³-hybridized carbons (Fsp3) is 0.394. The molecule has 2 aromatic heterocycles. The van der Waals surface area contributed by atoms with Crippen LogP contribution in [0.2, 0.25) is 0 Å². The largest absolute Gasteiger partial charge is 0.496 e. The number of carbonyl (C=O) groups is 1. The van der Waals surface area contributed by atoms with Crippen molar-refractivity contribution in [2.24, 2.45) is 0 Å². The van der Waals surface area contributed by atoms with Crippen molar-refractivity contribution in [3.8, 4) is 11.5 Å². The Labute approximate surface area is 251 Å². The van der Waals surface area contributed by atoms with E-state index in [1.54, 1.807) is 13.1 Å². The number of thiophene rings is 1. The van der Waals surface area contributed by atoms with Gasteiger partial charge in [0.15, 0.2) is 11.6 Å². The molecule has 4 aromatic rings. The minimum atomic E-state index is -0.674. The Bertz CT molecular complexity index is 1580. The number of piperazine rings is 1. The van der Waals surface area contributed by atoms with Gasteiger partial charge in [-0.2, -0.15) is 0 Å². The lowest BCUT2D eigenvalue weighted by atomic mass is 9.97. The van der Waals surface area contributed by atoms with Crippen LogP contribution in [-0.2, 0) is 6.42 Å². The van der Waals surface area contributed by atoms with Gasteiger partial charge >= 0.3 is 0 Å². The molecule has 0 atom stereocenters. The predicted octanol–water partition coefficient (Wildman–Crippen LogP) is 7.14. The van der Waals surface area contributed by atoms with E-state index in [4.69, 9.17) is 9.47 Å². The molecule has 7 nitrogen and oxygen atoms in total. The molecule has 0 amide bonds. The van der Waals surface area contributed by atoms with Gasteiger partial charge in [-0.1, -0.05) is 20.3 Å².